The van der Waals surface area contributed by atoms with Gasteiger partial charge in [0, 0.05) is 11.1 Å². The maximum Gasteiger partial charge on any atom is 0.244 e. The third-order valence-corrected chi connectivity index (χ3v) is 5.98. The number of aryl methyl sites for hydroxylation is 1. The van der Waals surface area contributed by atoms with Crippen LogP contribution in [0.3, 0.4) is 0 Å². The highest BCUT2D eigenvalue weighted by atomic mass is 16.3. The summed E-state index contributed by atoms with van der Waals surface area (Å²) in [4.78, 5) is 2.58. The van der Waals surface area contributed by atoms with Gasteiger partial charge in [-0.1, -0.05) is 36.4 Å². The lowest BCUT2D eigenvalue weighted by Crippen LogP contribution is -3.22. The molecule has 0 radical (unpaired) electrons. The molecular weight excluding hydrogens is 364 g/mol. The maximum absolute atomic E-state index is 10.8. The molecule has 5 N–H and O–H groups in total. The first-order valence-corrected chi connectivity index (χ1v) is 10.1. The molecule has 0 amide bonds. The van der Waals surface area contributed by atoms with Gasteiger partial charge in [-0.25, -0.2) is 0 Å². The molecule has 0 bridgehead atoms. The summed E-state index contributed by atoms with van der Waals surface area (Å²) < 4.78 is 0. The standard InChI is InChI=1S/C24H26N2O3/c1-17-7-6-10-20(23(17)29)24-25(15-18-8-2-4-11-21(18)27)13-14-26(24)16-19-9-3-5-12-22(19)28/h2-12,24,27-29H,13-16H2,1H3/p+2. The lowest BCUT2D eigenvalue weighted by molar-refractivity contribution is -1.09. The van der Waals surface area contributed by atoms with E-state index in [1.165, 1.54) is 9.80 Å². The molecule has 150 valence electrons. The van der Waals surface area contributed by atoms with Crippen LogP contribution in [0, 0.1) is 6.92 Å². The van der Waals surface area contributed by atoms with Gasteiger partial charge < -0.3 is 15.3 Å². The van der Waals surface area contributed by atoms with Gasteiger partial charge >= 0.3 is 0 Å². The molecule has 1 aliphatic rings. The van der Waals surface area contributed by atoms with Crippen molar-refractivity contribution in [2.45, 2.75) is 26.2 Å². The zero-order valence-corrected chi connectivity index (χ0v) is 16.6. The molecule has 5 nitrogen and oxygen atoms in total. The summed E-state index contributed by atoms with van der Waals surface area (Å²) in [7, 11) is 0. The van der Waals surface area contributed by atoms with Crippen molar-refractivity contribution in [1.82, 2.24) is 0 Å². The van der Waals surface area contributed by atoms with E-state index in [0.29, 0.717) is 30.3 Å². The Morgan fingerprint density at radius 1 is 0.724 bits per heavy atom. The SMILES string of the molecule is Cc1cccc(C2[NH+](Cc3ccccc3O)CC[NH+]2Cc2ccccc2O)c1O. The van der Waals surface area contributed by atoms with Crippen molar-refractivity contribution in [2.24, 2.45) is 0 Å². The smallest absolute Gasteiger partial charge is 0.244 e. The first-order valence-electron chi connectivity index (χ1n) is 10.1. The van der Waals surface area contributed by atoms with Crippen molar-refractivity contribution in [3.8, 4) is 17.2 Å². The van der Waals surface area contributed by atoms with Gasteiger partial charge in [0.1, 0.15) is 49.0 Å². The normalized spacial score (nSPS) is 21.3. The molecule has 0 aromatic heterocycles. The van der Waals surface area contributed by atoms with Crippen LogP contribution in [0.2, 0.25) is 0 Å². The van der Waals surface area contributed by atoms with E-state index in [0.717, 1.165) is 35.3 Å². The Balaban J connectivity index is 1.69. The Morgan fingerprint density at radius 2 is 1.24 bits per heavy atom. The van der Waals surface area contributed by atoms with E-state index in [9.17, 15) is 15.3 Å². The predicted octanol–water partition coefficient (Wildman–Crippen LogP) is 1.29. The van der Waals surface area contributed by atoms with Gasteiger partial charge in [0.25, 0.3) is 0 Å². The lowest BCUT2D eigenvalue weighted by atomic mass is 10.0. The summed E-state index contributed by atoms with van der Waals surface area (Å²) in [5, 5.41) is 31.3. The Morgan fingerprint density at radius 3 is 1.76 bits per heavy atom. The molecule has 5 heteroatoms. The van der Waals surface area contributed by atoms with Crippen LogP contribution in [0.15, 0.2) is 66.7 Å². The zero-order valence-electron chi connectivity index (χ0n) is 16.6. The zero-order chi connectivity index (χ0) is 20.4. The number of hydrogen-bond donors (Lipinski definition) is 5. The number of benzene rings is 3. The number of aromatic hydroxyl groups is 3. The molecule has 1 heterocycles. The molecule has 3 aromatic rings. The molecule has 1 saturated heterocycles. The van der Waals surface area contributed by atoms with Crippen LogP contribution in [0.4, 0.5) is 0 Å². The summed E-state index contributed by atoms with van der Waals surface area (Å²) in [6.45, 7) is 5.09. The molecule has 29 heavy (non-hydrogen) atoms. The van der Waals surface area contributed by atoms with E-state index in [1.54, 1.807) is 12.1 Å². The van der Waals surface area contributed by atoms with Gasteiger partial charge in [-0.05, 0) is 42.8 Å². The number of nitrogens with one attached hydrogen (secondary N) is 2. The van der Waals surface area contributed by atoms with Crippen molar-refractivity contribution in [2.75, 3.05) is 13.1 Å². The second-order valence-electron chi connectivity index (χ2n) is 7.87. The van der Waals surface area contributed by atoms with Crippen molar-refractivity contribution in [3.63, 3.8) is 0 Å². The average Bonchev–Trinajstić information content (AvgIpc) is 3.09. The molecule has 3 aromatic carbocycles. The van der Waals surface area contributed by atoms with Crippen molar-refractivity contribution in [3.05, 3.63) is 89.0 Å². The quantitative estimate of drug-likeness (QED) is 0.455. The summed E-state index contributed by atoms with van der Waals surface area (Å²) >= 11 is 0. The van der Waals surface area contributed by atoms with Gasteiger partial charge in [-0.2, -0.15) is 0 Å². The highest BCUT2D eigenvalue weighted by Crippen LogP contribution is 2.25. The van der Waals surface area contributed by atoms with Crippen LogP contribution in [-0.2, 0) is 13.1 Å². The summed E-state index contributed by atoms with van der Waals surface area (Å²) in [6, 6.07) is 20.8. The molecule has 0 aliphatic carbocycles. The largest absolute Gasteiger partial charge is 0.507 e. The molecule has 0 saturated carbocycles. The number of phenols is 3. The third kappa shape index (κ3) is 3.92. The van der Waals surface area contributed by atoms with Gasteiger partial charge in [0.15, 0.2) is 0 Å². The minimum atomic E-state index is 0.00844. The van der Waals surface area contributed by atoms with Crippen LogP contribution in [-0.4, -0.2) is 28.4 Å². The fraction of sp³-hybridized carbons (Fsp3) is 0.250. The molecule has 2 atom stereocenters. The van der Waals surface area contributed by atoms with Crippen molar-refractivity contribution >= 4 is 0 Å². The highest BCUT2D eigenvalue weighted by molar-refractivity contribution is 5.40. The monoisotopic (exact) mass is 392 g/mol. The van der Waals surface area contributed by atoms with Gasteiger partial charge in [0.2, 0.25) is 6.17 Å². The predicted molar refractivity (Wildman–Crippen MR) is 111 cm³/mol. The number of phenolic OH excluding ortho intramolecular Hbond substituents is 3. The summed E-state index contributed by atoms with van der Waals surface area (Å²) in [5.41, 5.74) is 3.59. The summed E-state index contributed by atoms with van der Waals surface area (Å²) in [5.74, 6) is 0.951. The number of rotatable bonds is 5. The maximum atomic E-state index is 10.8. The summed E-state index contributed by atoms with van der Waals surface area (Å²) in [6.07, 6.45) is 0.00844. The van der Waals surface area contributed by atoms with E-state index < -0.39 is 0 Å². The number of para-hydroxylation sites is 3. The third-order valence-electron chi connectivity index (χ3n) is 5.98. The van der Waals surface area contributed by atoms with E-state index in [-0.39, 0.29) is 6.17 Å². The molecule has 2 unspecified atom stereocenters. The topological polar surface area (TPSA) is 69.6 Å². The van der Waals surface area contributed by atoms with Gasteiger partial charge in [-0.15, -0.1) is 0 Å². The van der Waals surface area contributed by atoms with Crippen LogP contribution < -0.4 is 9.80 Å². The molecular formula is C24H28N2O3+2. The van der Waals surface area contributed by atoms with Gasteiger partial charge in [0.05, 0.1) is 0 Å². The molecule has 1 fully saturated rings. The highest BCUT2D eigenvalue weighted by Gasteiger charge is 2.43. The number of quaternary nitrogens is 2. The molecule has 1 aliphatic heterocycles. The van der Waals surface area contributed by atoms with Crippen LogP contribution in [0.1, 0.15) is 28.4 Å². The number of hydrogen-bond acceptors (Lipinski definition) is 3. The van der Waals surface area contributed by atoms with Crippen molar-refractivity contribution in [1.29, 1.82) is 0 Å². The van der Waals surface area contributed by atoms with Gasteiger partial charge in [-0.3, -0.25) is 9.80 Å². The fourth-order valence-corrected chi connectivity index (χ4v) is 4.44. The Kier molecular flexibility index (Phi) is 5.43. The fourth-order valence-electron chi connectivity index (χ4n) is 4.44. The second kappa shape index (κ2) is 8.15. The van der Waals surface area contributed by atoms with E-state index in [2.05, 4.69) is 0 Å². The average molecular weight is 392 g/mol. The second-order valence-corrected chi connectivity index (χ2v) is 7.87. The Bertz CT molecular complexity index is 949. The first-order chi connectivity index (χ1) is 14.0. The molecule has 4 rings (SSSR count). The minimum absolute atomic E-state index is 0.00844. The first kappa shape index (κ1) is 19.3. The minimum Gasteiger partial charge on any atom is -0.507 e. The van der Waals surface area contributed by atoms with E-state index in [4.69, 9.17) is 0 Å². The molecule has 0 spiro atoms. The van der Waals surface area contributed by atoms with Crippen LogP contribution in [0.25, 0.3) is 0 Å². The van der Waals surface area contributed by atoms with Crippen LogP contribution >= 0.6 is 0 Å². The Hall–Kier alpha value is -3.02. The Labute approximate surface area is 171 Å². The lowest BCUT2D eigenvalue weighted by Gasteiger charge is -2.26. The van der Waals surface area contributed by atoms with E-state index >= 15 is 0 Å². The van der Waals surface area contributed by atoms with Crippen LogP contribution in [0.5, 0.6) is 17.2 Å². The van der Waals surface area contributed by atoms with E-state index in [1.807, 2.05) is 61.5 Å². The van der Waals surface area contributed by atoms with Crippen molar-refractivity contribution < 1.29 is 25.1 Å².